The van der Waals surface area contributed by atoms with Gasteiger partial charge in [0.1, 0.15) is 0 Å². The summed E-state index contributed by atoms with van der Waals surface area (Å²) in [6.45, 7) is 10.8. The third kappa shape index (κ3) is 5.59. The highest BCUT2D eigenvalue weighted by Gasteiger charge is 2.11. The van der Waals surface area contributed by atoms with Gasteiger partial charge >= 0.3 is 6.03 Å². The second-order valence-electron chi connectivity index (χ2n) is 5.74. The number of nitrogens with one attached hydrogen (secondary N) is 2. The highest BCUT2D eigenvalue weighted by atomic mass is 16.5. The van der Waals surface area contributed by atoms with E-state index in [1.807, 2.05) is 20.8 Å². The maximum Gasteiger partial charge on any atom is 0.315 e. The van der Waals surface area contributed by atoms with Crippen molar-refractivity contribution in [2.45, 2.75) is 59.4 Å². The van der Waals surface area contributed by atoms with Crippen LogP contribution in [0.15, 0.2) is 4.52 Å². The first kappa shape index (κ1) is 16.5. The van der Waals surface area contributed by atoms with Crippen LogP contribution >= 0.6 is 0 Å². The first-order chi connectivity index (χ1) is 9.40. The molecule has 1 atom stereocenters. The Morgan fingerprint density at radius 2 is 1.95 bits per heavy atom. The molecule has 2 N–H and O–H groups in total. The summed E-state index contributed by atoms with van der Waals surface area (Å²) < 4.78 is 5.14. The summed E-state index contributed by atoms with van der Waals surface area (Å²) in [5.74, 6) is 2.06. The summed E-state index contributed by atoms with van der Waals surface area (Å²) in [7, 11) is 0. The zero-order chi connectivity index (χ0) is 15.1. The summed E-state index contributed by atoms with van der Waals surface area (Å²) >= 11 is 0. The molecular formula is C14H26N4O2. The van der Waals surface area contributed by atoms with Gasteiger partial charge in [-0.3, -0.25) is 0 Å². The number of urea groups is 1. The van der Waals surface area contributed by atoms with Gasteiger partial charge in [0.15, 0.2) is 5.82 Å². The van der Waals surface area contributed by atoms with Crippen LogP contribution in [0.2, 0.25) is 0 Å². The van der Waals surface area contributed by atoms with E-state index in [1.54, 1.807) is 0 Å². The van der Waals surface area contributed by atoms with E-state index >= 15 is 0 Å². The molecule has 0 spiro atoms. The molecule has 0 aliphatic heterocycles. The molecule has 2 amide bonds. The fourth-order valence-corrected chi connectivity index (χ4v) is 1.47. The number of aryl methyl sites for hydroxylation is 1. The lowest BCUT2D eigenvalue weighted by Crippen LogP contribution is -2.43. The Hall–Kier alpha value is -1.59. The van der Waals surface area contributed by atoms with E-state index in [0.29, 0.717) is 24.8 Å². The molecule has 0 radical (unpaired) electrons. The summed E-state index contributed by atoms with van der Waals surface area (Å²) in [4.78, 5) is 15.9. The van der Waals surface area contributed by atoms with Crippen LogP contribution in [-0.4, -0.2) is 28.8 Å². The van der Waals surface area contributed by atoms with E-state index in [9.17, 15) is 4.79 Å². The molecule has 0 aliphatic carbocycles. The molecule has 6 heteroatoms. The van der Waals surface area contributed by atoms with Crippen molar-refractivity contribution in [2.75, 3.05) is 6.54 Å². The number of carbonyl (C=O) groups excluding carboxylic acids is 1. The van der Waals surface area contributed by atoms with Crippen molar-refractivity contribution >= 4 is 6.03 Å². The van der Waals surface area contributed by atoms with Gasteiger partial charge in [-0.2, -0.15) is 4.98 Å². The lowest BCUT2D eigenvalue weighted by atomic mass is 10.1. The SMILES string of the molecule is CC(C)c1noc(CCCNC(=O)NC(C)C(C)C)n1. The molecule has 114 valence electrons. The Morgan fingerprint density at radius 1 is 1.25 bits per heavy atom. The Morgan fingerprint density at radius 3 is 2.50 bits per heavy atom. The molecule has 0 aromatic carbocycles. The van der Waals surface area contributed by atoms with Crippen molar-refractivity contribution in [3.8, 4) is 0 Å². The Labute approximate surface area is 120 Å². The molecule has 1 unspecified atom stereocenters. The molecule has 20 heavy (non-hydrogen) atoms. The lowest BCUT2D eigenvalue weighted by molar-refractivity contribution is 0.234. The normalized spacial score (nSPS) is 12.8. The molecule has 1 rings (SSSR count). The summed E-state index contributed by atoms with van der Waals surface area (Å²) in [5, 5.41) is 9.63. The van der Waals surface area contributed by atoms with Gasteiger partial charge in [-0.15, -0.1) is 0 Å². The number of hydrogen-bond donors (Lipinski definition) is 2. The van der Waals surface area contributed by atoms with Gasteiger partial charge in [0, 0.05) is 24.9 Å². The van der Waals surface area contributed by atoms with E-state index in [-0.39, 0.29) is 18.0 Å². The molecule has 1 heterocycles. The fourth-order valence-electron chi connectivity index (χ4n) is 1.47. The lowest BCUT2D eigenvalue weighted by Gasteiger charge is -2.17. The number of aromatic nitrogens is 2. The summed E-state index contributed by atoms with van der Waals surface area (Å²) in [6.07, 6.45) is 1.46. The van der Waals surface area contributed by atoms with Crippen LogP contribution in [0.1, 0.15) is 58.7 Å². The van der Waals surface area contributed by atoms with Gasteiger partial charge in [0.25, 0.3) is 0 Å². The van der Waals surface area contributed by atoms with Crippen molar-refractivity contribution in [1.29, 1.82) is 0 Å². The Bertz CT molecular complexity index is 415. The summed E-state index contributed by atoms with van der Waals surface area (Å²) in [6, 6.07) is 0.0409. The second-order valence-corrected chi connectivity index (χ2v) is 5.74. The Balaban J connectivity index is 2.19. The van der Waals surface area contributed by atoms with E-state index in [4.69, 9.17) is 4.52 Å². The smallest absolute Gasteiger partial charge is 0.315 e. The van der Waals surface area contributed by atoms with Crippen LogP contribution in [0.5, 0.6) is 0 Å². The van der Waals surface area contributed by atoms with Crippen LogP contribution < -0.4 is 10.6 Å². The maximum atomic E-state index is 11.6. The number of nitrogens with zero attached hydrogens (tertiary/aromatic N) is 2. The molecule has 1 aromatic heterocycles. The molecular weight excluding hydrogens is 256 g/mol. The van der Waals surface area contributed by atoms with Crippen LogP contribution in [0.25, 0.3) is 0 Å². The minimum atomic E-state index is -0.125. The van der Waals surface area contributed by atoms with Crippen LogP contribution in [0.3, 0.4) is 0 Å². The average molecular weight is 282 g/mol. The number of amides is 2. The maximum absolute atomic E-state index is 11.6. The van der Waals surface area contributed by atoms with Crippen molar-refractivity contribution < 1.29 is 9.32 Å². The van der Waals surface area contributed by atoms with Gasteiger partial charge in [-0.05, 0) is 19.3 Å². The molecule has 0 aliphatic rings. The molecule has 0 fully saturated rings. The number of carbonyl (C=O) groups is 1. The van der Waals surface area contributed by atoms with Crippen molar-refractivity contribution in [3.05, 3.63) is 11.7 Å². The van der Waals surface area contributed by atoms with Crippen molar-refractivity contribution in [3.63, 3.8) is 0 Å². The first-order valence-electron chi connectivity index (χ1n) is 7.27. The number of hydrogen-bond acceptors (Lipinski definition) is 4. The quantitative estimate of drug-likeness (QED) is 0.753. The van der Waals surface area contributed by atoms with Gasteiger partial charge < -0.3 is 15.2 Å². The van der Waals surface area contributed by atoms with E-state index < -0.39 is 0 Å². The van der Waals surface area contributed by atoms with Crippen LogP contribution in [-0.2, 0) is 6.42 Å². The zero-order valence-corrected chi connectivity index (χ0v) is 13.1. The van der Waals surface area contributed by atoms with Gasteiger partial charge in [-0.1, -0.05) is 32.9 Å². The van der Waals surface area contributed by atoms with Crippen LogP contribution in [0, 0.1) is 5.92 Å². The fraction of sp³-hybridized carbons (Fsp3) is 0.786. The van der Waals surface area contributed by atoms with Crippen molar-refractivity contribution in [2.24, 2.45) is 5.92 Å². The van der Waals surface area contributed by atoms with Crippen LogP contribution in [0.4, 0.5) is 4.79 Å². The molecule has 0 bridgehead atoms. The summed E-state index contributed by atoms with van der Waals surface area (Å²) in [5.41, 5.74) is 0. The molecule has 6 nitrogen and oxygen atoms in total. The molecule has 0 saturated carbocycles. The second kappa shape index (κ2) is 7.87. The first-order valence-corrected chi connectivity index (χ1v) is 7.27. The topological polar surface area (TPSA) is 80.0 Å². The Kier molecular flexibility index (Phi) is 6.48. The molecule has 0 saturated heterocycles. The largest absolute Gasteiger partial charge is 0.339 e. The zero-order valence-electron chi connectivity index (χ0n) is 13.1. The van der Waals surface area contributed by atoms with Crippen molar-refractivity contribution in [1.82, 2.24) is 20.8 Å². The third-order valence-corrected chi connectivity index (χ3v) is 3.21. The van der Waals surface area contributed by atoms with Gasteiger partial charge in [0.2, 0.25) is 5.89 Å². The minimum absolute atomic E-state index is 0.125. The monoisotopic (exact) mass is 282 g/mol. The van der Waals surface area contributed by atoms with E-state index in [2.05, 4.69) is 34.6 Å². The third-order valence-electron chi connectivity index (χ3n) is 3.21. The standard InChI is InChI=1S/C14H26N4O2/c1-9(2)11(5)16-14(19)15-8-6-7-12-17-13(10(3)4)18-20-12/h9-11H,6-8H2,1-5H3,(H2,15,16,19). The molecule has 1 aromatic rings. The predicted molar refractivity (Wildman–Crippen MR) is 77.5 cm³/mol. The minimum Gasteiger partial charge on any atom is -0.339 e. The van der Waals surface area contributed by atoms with Gasteiger partial charge in [0.05, 0.1) is 0 Å². The van der Waals surface area contributed by atoms with E-state index in [0.717, 1.165) is 12.2 Å². The number of rotatable bonds is 7. The van der Waals surface area contributed by atoms with Gasteiger partial charge in [-0.25, -0.2) is 4.79 Å². The van der Waals surface area contributed by atoms with E-state index in [1.165, 1.54) is 0 Å². The predicted octanol–water partition coefficient (Wildman–Crippen LogP) is 2.47. The average Bonchev–Trinajstić information content (AvgIpc) is 2.83. The highest BCUT2D eigenvalue weighted by molar-refractivity contribution is 5.74. The highest BCUT2D eigenvalue weighted by Crippen LogP contribution is 2.10.